The number of phenolic OH excluding ortho intramolecular Hbond substituents is 1. The molecule has 0 radical (unpaired) electrons. The average Bonchev–Trinajstić information content (AvgIpc) is 2.43. The van der Waals surface area contributed by atoms with E-state index >= 15 is 0 Å². The maximum atomic E-state index is 12.3. The summed E-state index contributed by atoms with van der Waals surface area (Å²) < 4.78 is 0. The van der Waals surface area contributed by atoms with Crippen LogP contribution in [0.1, 0.15) is 15.9 Å². The van der Waals surface area contributed by atoms with Crippen LogP contribution in [0.15, 0.2) is 41.3 Å². The molecular formula is C15H14ClNO2S. The molecule has 2 aromatic rings. The zero-order valence-corrected chi connectivity index (χ0v) is 12.7. The van der Waals surface area contributed by atoms with Gasteiger partial charge < -0.3 is 10.4 Å². The molecule has 0 fully saturated rings. The van der Waals surface area contributed by atoms with E-state index in [1.165, 1.54) is 12.1 Å². The monoisotopic (exact) mass is 307 g/mol. The largest absolute Gasteiger partial charge is 0.506 e. The Morgan fingerprint density at radius 2 is 2.00 bits per heavy atom. The second kappa shape index (κ2) is 6.20. The van der Waals surface area contributed by atoms with Crippen molar-refractivity contribution in [2.45, 2.75) is 11.8 Å². The quantitative estimate of drug-likeness (QED) is 0.655. The summed E-state index contributed by atoms with van der Waals surface area (Å²) in [7, 11) is 0. The van der Waals surface area contributed by atoms with Crippen LogP contribution in [-0.2, 0) is 0 Å². The smallest absolute Gasteiger partial charge is 0.256 e. The summed E-state index contributed by atoms with van der Waals surface area (Å²) in [6.45, 7) is 1.87. The Morgan fingerprint density at radius 1 is 1.25 bits per heavy atom. The lowest BCUT2D eigenvalue weighted by Crippen LogP contribution is -2.13. The number of amides is 1. The van der Waals surface area contributed by atoms with Gasteiger partial charge in [-0.25, -0.2) is 0 Å². The molecule has 0 heterocycles. The fraction of sp³-hybridized carbons (Fsp3) is 0.133. The number of phenols is 1. The lowest BCUT2D eigenvalue weighted by atomic mass is 10.1. The van der Waals surface area contributed by atoms with Gasteiger partial charge in [0.05, 0.1) is 5.69 Å². The van der Waals surface area contributed by atoms with Gasteiger partial charge in [0, 0.05) is 15.5 Å². The number of thioether (sulfide) groups is 1. The number of hydrogen-bond donors (Lipinski definition) is 2. The zero-order chi connectivity index (χ0) is 14.7. The molecule has 0 spiro atoms. The first-order chi connectivity index (χ1) is 9.51. The number of anilines is 1. The van der Waals surface area contributed by atoms with Crippen molar-refractivity contribution in [2.75, 3.05) is 11.6 Å². The molecule has 2 N–H and O–H groups in total. The summed E-state index contributed by atoms with van der Waals surface area (Å²) in [5, 5.41) is 12.9. The maximum Gasteiger partial charge on any atom is 0.256 e. The maximum absolute atomic E-state index is 12.3. The second-order valence-electron chi connectivity index (χ2n) is 4.30. The number of aryl methyl sites for hydroxylation is 1. The topological polar surface area (TPSA) is 49.3 Å². The number of aromatic hydroxyl groups is 1. The summed E-state index contributed by atoms with van der Waals surface area (Å²) in [4.78, 5) is 13.3. The van der Waals surface area contributed by atoms with Crippen LogP contribution >= 0.6 is 23.4 Å². The minimum atomic E-state index is -0.268. The molecule has 0 aliphatic rings. The first kappa shape index (κ1) is 14.8. The SMILES string of the molecule is CSc1ccc(C)c(C(=O)Nc2cc(Cl)ccc2O)c1. The lowest BCUT2D eigenvalue weighted by molar-refractivity contribution is 0.102. The highest BCUT2D eigenvalue weighted by Crippen LogP contribution is 2.27. The van der Waals surface area contributed by atoms with Crippen LogP contribution < -0.4 is 5.32 Å². The summed E-state index contributed by atoms with van der Waals surface area (Å²) in [6, 6.07) is 10.2. The van der Waals surface area contributed by atoms with E-state index in [1.807, 2.05) is 31.4 Å². The molecule has 0 saturated heterocycles. The van der Waals surface area contributed by atoms with Crippen LogP contribution in [0.5, 0.6) is 5.75 Å². The fourth-order valence-corrected chi connectivity index (χ4v) is 2.38. The van der Waals surface area contributed by atoms with Gasteiger partial charge in [-0.05, 0) is 49.1 Å². The molecule has 0 saturated carbocycles. The molecule has 1 amide bonds. The van der Waals surface area contributed by atoms with Crippen molar-refractivity contribution in [3.63, 3.8) is 0 Å². The molecule has 20 heavy (non-hydrogen) atoms. The number of carbonyl (C=O) groups is 1. The Hall–Kier alpha value is -1.65. The minimum absolute atomic E-state index is 0.0126. The van der Waals surface area contributed by atoms with E-state index in [0.717, 1.165) is 10.5 Å². The van der Waals surface area contributed by atoms with Crippen LogP contribution in [-0.4, -0.2) is 17.3 Å². The number of carbonyl (C=O) groups excluding carboxylic acids is 1. The summed E-state index contributed by atoms with van der Waals surface area (Å²) in [6.07, 6.45) is 1.95. The van der Waals surface area contributed by atoms with E-state index in [9.17, 15) is 9.90 Å². The molecule has 0 atom stereocenters. The fourth-order valence-electron chi connectivity index (χ4n) is 1.77. The highest BCUT2D eigenvalue weighted by atomic mass is 35.5. The summed E-state index contributed by atoms with van der Waals surface area (Å²) >= 11 is 7.43. The number of benzene rings is 2. The first-order valence-corrected chi connectivity index (χ1v) is 7.56. The molecule has 2 aromatic carbocycles. The third kappa shape index (κ3) is 3.26. The third-order valence-corrected chi connectivity index (χ3v) is 3.86. The first-order valence-electron chi connectivity index (χ1n) is 5.96. The number of hydrogen-bond acceptors (Lipinski definition) is 3. The molecule has 0 bridgehead atoms. The van der Waals surface area contributed by atoms with Gasteiger partial charge in [0.15, 0.2) is 0 Å². The van der Waals surface area contributed by atoms with E-state index in [4.69, 9.17) is 11.6 Å². The van der Waals surface area contributed by atoms with Crippen molar-refractivity contribution in [2.24, 2.45) is 0 Å². The normalized spacial score (nSPS) is 10.3. The minimum Gasteiger partial charge on any atom is -0.506 e. The highest BCUT2D eigenvalue weighted by Gasteiger charge is 2.12. The van der Waals surface area contributed by atoms with Crippen LogP contribution in [0.2, 0.25) is 5.02 Å². The number of halogens is 1. The van der Waals surface area contributed by atoms with Gasteiger partial charge in [-0.15, -0.1) is 11.8 Å². The molecule has 0 aliphatic carbocycles. The van der Waals surface area contributed by atoms with E-state index < -0.39 is 0 Å². The van der Waals surface area contributed by atoms with E-state index in [-0.39, 0.29) is 11.7 Å². The zero-order valence-electron chi connectivity index (χ0n) is 11.1. The van der Waals surface area contributed by atoms with Crippen LogP contribution in [0.25, 0.3) is 0 Å². The van der Waals surface area contributed by atoms with Gasteiger partial charge in [-0.3, -0.25) is 4.79 Å². The summed E-state index contributed by atoms with van der Waals surface area (Å²) in [5.41, 5.74) is 1.76. The highest BCUT2D eigenvalue weighted by molar-refractivity contribution is 7.98. The van der Waals surface area contributed by atoms with Crippen molar-refractivity contribution in [3.05, 3.63) is 52.5 Å². The molecule has 0 aliphatic heterocycles. The van der Waals surface area contributed by atoms with Crippen molar-refractivity contribution in [3.8, 4) is 5.75 Å². The second-order valence-corrected chi connectivity index (χ2v) is 5.61. The van der Waals surface area contributed by atoms with Gasteiger partial charge >= 0.3 is 0 Å². The lowest BCUT2D eigenvalue weighted by Gasteiger charge is -2.10. The predicted molar refractivity (Wildman–Crippen MR) is 84.0 cm³/mol. The molecular weight excluding hydrogens is 294 g/mol. The number of rotatable bonds is 3. The van der Waals surface area contributed by atoms with Crippen LogP contribution in [0.3, 0.4) is 0 Å². The molecule has 5 heteroatoms. The number of nitrogens with one attached hydrogen (secondary N) is 1. The van der Waals surface area contributed by atoms with Crippen LogP contribution in [0.4, 0.5) is 5.69 Å². The molecule has 0 aromatic heterocycles. The van der Waals surface area contributed by atoms with Gasteiger partial charge in [-0.2, -0.15) is 0 Å². The Bertz CT molecular complexity index is 658. The molecule has 3 nitrogen and oxygen atoms in total. The van der Waals surface area contributed by atoms with Crippen LogP contribution in [0, 0.1) is 6.92 Å². The van der Waals surface area contributed by atoms with Gasteiger partial charge in [0.1, 0.15) is 5.75 Å². The van der Waals surface area contributed by atoms with E-state index in [2.05, 4.69) is 5.32 Å². The predicted octanol–water partition coefficient (Wildman–Crippen LogP) is 4.33. The van der Waals surface area contributed by atoms with Crippen molar-refractivity contribution < 1.29 is 9.90 Å². The van der Waals surface area contributed by atoms with Gasteiger partial charge in [0.2, 0.25) is 0 Å². The molecule has 2 rings (SSSR count). The van der Waals surface area contributed by atoms with Crippen molar-refractivity contribution >= 4 is 35.0 Å². The Labute approximate surface area is 127 Å². The van der Waals surface area contributed by atoms with Crippen molar-refractivity contribution in [1.29, 1.82) is 0 Å². The average molecular weight is 308 g/mol. The van der Waals surface area contributed by atoms with Gasteiger partial charge in [0.25, 0.3) is 5.91 Å². The van der Waals surface area contributed by atoms with E-state index in [1.54, 1.807) is 17.8 Å². The molecule has 0 unspecified atom stereocenters. The third-order valence-electron chi connectivity index (χ3n) is 2.90. The van der Waals surface area contributed by atoms with Crippen molar-refractivity contribution in [1.82, 2.24) is 0 Å². The Morgan fingerprint density at radius 3 is 2.70 bits per heavy atom. The van der Waals surface area contributed by atoms with E-state index in [0.29, 0.717) is 16.3 Å². The van der Waals surface area contributed by atoms with Gasteiger partial charge in [-0.1, -0.05) is 17.7 Å². The standard InChI is InChI=1S/C15H14ClNO2S/c1-9-3-5-11(20-2)8-12(9)15(19)17-13-7-10(16)4-6-14(13)18/h3-8,18H,1-2H3,(H,17,19). The Kier molecular flexibility index (Phi) is 4.57. The molecule has 104 valence electrons. The Balaban J connectivity index is 2.30. The summed E-state index contributed by atoms with van der Waals surface area (Å²) in [5.74, 6) is -0.280.